The monoisotopic (exact) mass is 608 g/mol. The van der Waals surface area contributed by atoms with Crippen molar-refractivity contribution in [3.8, 4) is 0 Å². The number of aliphatic carboxylic acids is 1. The first kappa shape index (κ1) is 37.0. The molecule has 0 aliphatic rings. The Balaban J connectivity index is 5.68. The maximum absolute atomic E-state index is 13.0. The zero-order chi connectivity index (χ0) is 30.2. The SMILES string of the molecule is NCCCC[C@H](NC(=O)[C@H](COP(=O)(O)O)NC(=O)[C@H](CCCCN)NC(=O)[C@@H](N)COP(=O)(O)O)C(=O)O. The van der Waals surface area contributed by atoms with Crippen LogP contribution in [-0.4, -0.2) is 98.8 Å². The highest BCUT2D eigenvalue weighted by Gasteiger charge is 2.32. The average molecular weight is 608 g/mol. The lowest BCUT2D eigenvalue weighted by Crippen LogP contribution is -2.58. The van der Waals surface area contributed by atoms with E-state index in [-0.39, 0.29) is 25.9 Å². The predicted molar refractivity (Wildman–Crippen MR) is 133 cm³/mol. The smallest absolute Gasteiger partial charge is 0.469 e. The first-order valence-corrected chi connectivity index (χ1v) is 14.8. The van der Waals surface area contributed by atoms with Crippen molar-refractivity contribution in [1.82, 2.24) is 16.0 Å². The Kier molecular flexibility index (Phi) is 17.4. The van der Waals surface area contributed by atoms with E-state index in [2.05, 4.69) is 25.0 Å². The Morgan fingerprint density at radius 2 is 1.08 bits per heavy atom. The molecule has 0 rings (SSSR count). The van der Waals surface area contributed by atoms with E-state index >= 15 is 0 Å². The van der Waals surface area contributed by atoms with Gasteiger partial charge in [0.15, 0.2) is 0 Å². The molecule has 0 unspecified atom stereocenters. The number of phosphoric ester groups is 2. The highest BCUT2D eigenvalue weighted by atomic mass is 31.2. The molecule has 0 radical (unpaired) electrons. The van der Waals surface area contributed by atoms with Crippen LogP contribution in [0.2, 0.25) is 0 Å². The lowest BCUT2D eigenvalue weighted by Gasteiger charge is -2.25. The van der Waals surface area contributed by atoms with Crippen LogP contribution in [0.25, 0.3) is 0 Å². The molecule has 0 spiro atoms. The fraction of sp³-hybridized carbons (Fsp3) is 0.778. The lowest BCUT2D eigenvalue weighted by molar-refractivity contribution is -0.142. The Bertz CT molecular complexity index is 899. The van der Waals surface area contributed by atoms with Crippen LogP contribution in [0.15, 0.2) is 0 Å². The second kappa shape index (κ2) is 18.4. The Hall–Kier alpha value is -2.02. The molecular weight excluding hydrogens is 570 g/mol. The number of hydrogen-bond acceptors (Lipinski definition) is 11. The molecule has 0 saturated heterocycles. The van der Waals surface area contributed by atoms with Gasteiger partial charge in [0.1, 0.15) is 24.2 Å². The van der Waals surface area contributed by atoms with Crippen LogP contribution in [0.1, 0.15) is 38.5 Å². The number of hydrogen-bond donors (Lipinski definition) is 11. The number of nitrogens with two attached hydrogens (primary N) is 3. The Morgan fingerprint density at radius 1 is 0.667 bits per heavy atom. The maximum Gasteiger partial charge on any atom is 0.469 e. The summed E-state index contributed by atoms with van der Waals surface area (Å²) in [5.41, 5.74) is 16.4. The van der Waals surface area contributed by atoms with Gasteiger partial charge in [-0.3, -0.25) is 23.4 Å². The number of nitrogens with one attached hydrogen (secondary N) is 3. The van der Waals surface area contributed by atoms with Gasteiger partial charge in [0.05, 0.1) is 13.2 Å². The molecule has 0 aliphatic carbocycles. The molecule has 3 amide bonds. The predicted octanol–water partition coefficient (Wildman–Crippen LogP) is -3.67. The van der Waals surface area contributed by atoms with Gasteiger partial charge in [-0.05, 0) is 51.6 Å². The molecule has 0 aliphatic heterocycles. The topological polar surface area (TPSA) is 336 Å². The summed E-state index contributed by atoms with van der Waals surface area (Å²) in [6, 6.07) is -6.22. The van der Waals surface area contributed by atoms with Crippen LogP contribution in [0.4, 0.5) is 0 Å². The minimum absolute atomic E-state index is 0.0232. The summed E-state index contributed by atoms with van der Waals surface area (Å²) in [5, 5.41) is 15.9. The minimum Gasteiger partial charge on any atom is -0.480 e. The molecule has 0 saturated carbocycles. The van der Waals surface area contributed by atoms with Crippen LogP contribution in [0.5, 0.6) is 0 Å². The van der Waals surface area contributed by atoms with E-state index in [4.69, 9.17) is 36.8 Å². The van der Waals surface area contributed by atoms with Gasteiger partial charge in [-0.1, -0.05) is 0 Å². The molecule has 0 heterocycles. The van der Waals surface area contributed by atoms with Crippen LogP contribution >= 0.6 is 15.6 Å². The van der Waals surface area contributed by atoms with Gasteiger partial charge in [0.25, 0.3) is 0 Å². The third-order valence-electron chi connectivity index (χ3n) is 4.94. The number of phosphoric acid groups is 2. The van der Waals surface area contributed by atoms with E-state index in [1.165, 1.54) is 0 Å². The van der Waals surface area contributed by atoms with E-state index < -0.39 is 76.7 Å². The molecule has 0 aromatic heterocycles. The van der Waals surface area contributed by atoms with Gasteiger partial charge in [-0.25, -0.2) is 13.9 Å². The lowest BCUT2D eigenvalue weighted by atomic mass is 10.1. The Labute approximate surface area is 224 Å². The third kappa shape index (κ3) is 18.0. The standard InChI is InChI=1S/C18H38N6O13P2/c19-7-3-1-5-12(22-15(25)11(21)9-36-38(30,31)32)16(26)24-14(10-37-39(33,34)35)17(27)23-13(18(28)29)6-2-4-8-20/h11-14H,1-10,19-21H2,(H,22,25)(H,23,27)(H,24,26)(H,28,29)(H2,30,31,32)(H2,33,34,35)/t11-,12-,13-,14-/m0/s1. The highest BCUT2D eigenvalue weighted by Crippen LogP contribution is 2.36. The zero-order valence-electron chi connectivity index (χ0n) is 21.0. The molecule has 0 bridgehead atoms. The van der Waals surface area contributed by atoms with Gasteiger partial charge >= 0.3 is 21.6 Å². The van der Waals surface area contributed by atoms with Crippen LogP contribution in [0, 0.1) is 0 Å². The summed E-state index contributed by atoms with van der Waals surface area (Å²) in [6.07, 6.45) is 1.44. The second-order valence-corrected chi connectivity index (χ2v) is 10.7. The quantitative estimate of drug-likeness (QED) is 0.0441. The molecule has 14 N–H and O–H groups in total. The molecule has 39 heavy (non-hydrogen) atoms. The van der Waals surface area contributed by atoms with Gasteiger partial charge in [-0.2, -0.15) is 0 Å². The van der Waals surface area contributed by atoms with Gasteiger partial charge in [0.2, 0.25) is 17.7 Å². The summed E-state index contributed by atoms with van der Waals surface area (Å²) in [7, 11) is -10.1. The van der Waals surface area contributed by atoms with Crippen molar-refractivity contribution in [3.63, 3.8) is 0 Å². The molecule has 0 aromatic carbocycles. The molecule has 19 nitrogen and oxygen atoms in total. The zero-order valence-corrected chi connectivity index (χ0v) is 22.8. The van der Waals surface area contributed by atoms with Gasteiger partial charge < -0.3 is 57.8 Å². The maximum atomic E-state index is 13.0. The van der Waals surface area contributed by atoms with E-state index in [0.717, 1.165) is 0 Å². The largest absolute Gasteiger partial charge is 0.480 e. The number of unbranched alkanes of at least 4 members (excludes halogenated alkanes) is 2. The van der Waals surface area contributed by atoms with Crippen molar-refractivity contribution >= 4 is 39.3 Å². The number of carbonyl (C=O) groups excluding carboxylic acids is 3. The normalized spacial score (nSPS) is 15.1. The second-order valence-electron chi connectivity index (χ2n) is 8.27. The number of carbonyl (C=O) groups is 4. The molecule has 0 aromatic rings. The average Bonchev–Trinajstić information content (AvgIpc) is 2.82. The molecule has 228 valence electrons. The van der Waals surface area contributed by atoms with Gasteiger partial charge in [0, 0.05) is 0 Å². The number of carboxylic acids is 1. The van der Waals surface area contributed by atoms with Gasteiger partial charge in [-0.15, -0.1) is 0 Å². The minimum atomic E-state index is -5.12. The summed E-state index contributed by atoms with van der Waals surface area (Å²) in [6.45, 7) is -1.44. The van der Waals surface area contributed by atoms with Crippen LogP contribution in [0.3, 0.4) is 0 Å². The third-order valence-corrected chi connectivity index (χ3v) is 5.91. The molecular formula is C18H38N6O13P2. The Morgan fingerprint density at radius 3 is 1.54 bits per heavy atom. The van der Waals surface area contributed by atoms with Crippen LogP contribution in [-0.2, 0) is 37.4 Å². The van der Waals surface area contributed by atoms with Crippen molar-refractivity contribution in [3.05, 3.63) is 0 Å². The summed E-state index contributed by atoms with van der Waals surface area (Å²) >= 11 is 0. The van der Waals surface area contributed by atoms with Crippen molar-refractivity contribution in [2.24, 2.45) is 17.2 Å². The molecule has 0 fully saturated rings. The fourth-order valence-electron chi connectivity index (χ4n) is 2.94. The summed E-state index contributed by atoms with van der Waals surface area (Å²) < 4.78 is 30.5. The van der Waals surface area contributed by atoms with E-state index in [1.807, 2.05) is 0 Å². The first-order chi connectivity index (χ1) is 18.0. The molecule has 4 atom stereocenters. The fourth-order valence-corrected chi connectivity index (χ4v) is 3.64. The van der Waals surface area contributed by atoms with Crippen molar-refractivity contribution in [2.45, 2.75) is 62.7 Å². The van der Waals surface area contributed by atoms with Crippen molar-refractivity contribution in [2.75, 3.05) is 26.3 Å². The summed E-state index contributed by atoms with van der Waals surface area (Å²) in [5.74, 6) is -4.63. The number of carboxylic acid groups (broad SMARTS) is 1. The first-order valence-electron chi connectivity index (χ1n) is 11.7. The summed E-state index contributed by atoms with van der Waals surface area (Å²) in [4.78, 5) is 85.2. The molecule has 21 heteroatoms. The van der Waals surface area contributed by atoms with E-state index in [9.17, 15) is 33.4 Å². The highest BCUT2D eigenvalue weighted by molar-refractivity contribution is 7.46. The van der Waals surface area contributed by atoms with Crippen molar-refractivity contribution in [1.29, 1.82) is 0 Å². The van der Waals surface area contributed by atoms with E-state index in [1.54, 1.807) is 0 Å². The van der Waals surface area contributed by atoms with Crippen molar-refractivity contribution < 1.29 is 62.0 Å². The number of amides is 3. The number of rotatable bonds is 21. The van der Waals surface area contributed by atoms with Crippen LogP contribution < -0.4 is 33.2 Å². The van der Waals surface area contributed by atoms with E-state index in [0.29, 0.717) is 25.7 Å².